The molecule has 0 atom stereocenters. The highest BCUT2D eigenvalue weighted by molar-refractivity contribution is 5.85. The average molecular weight is 213 g/mol. The third kappa shape index (κ3) is 3.70. The zero-order valence-corrected chi connectivity index (χ0v) is 10.0. The van der Waals surface area contributed by atoms with E-state index < -0.39 is 0 Å². The highest BCUT2D eigenvalue weighted by Gasteiger charge is 2.36. The van der Waals surface area contributed by atoms with Crippen LogP contribution in [-0.4, -0.2) is 24.1 Å². The summed E-state index contributed by atoms with van der Waals surface area (Å²) in [4.78, 5) is 0. The molecule has 1 aliphatic carbocycles. The molecule has 0 aromatic rings. The van der Waals surface area contributed by atoms with Crippen LogP contribution in [0.5, 0.6) is 0 Å². The summed E-state index contributed by atoms with van der Waals surface area (Å²) in [6.07, 6.45) is 3.56. The predicted molar refractivity (Wildman–Crippen MR) is 62.0 cm³/mol. The monoisotopic (exact) mass is 213 g/mol. The van der Waals surface area contributed by atoms with Gasteiger partial charge in [-0.25, -0.2) is 0 Å². The number of nitrogens with zero attached hydrogens (tertiary/aromatic N) is 1. The smallest absolute Gasteiger partial charge is 0.144 e. The van der Waals surface area contributed by atoms with Crippen molar-refractivity contribution in [3.63, 3.8) is 0 Å². The van der Waals surface area contributed by atoms with E-state index in [4.69, 9.17) is 10.9 Å². The van der Waals surface area contributed by atoms with Gasteiger partial charge in [-0.05, 0) is 31.2 Å². The molecular weight excluding hydrogens is 190 g/mol. The maximum atomic E-state index is 8.61. The topological polar surface area (TPSA) is 70.6 Å². The number of amidine groups is 1. The standard InChI is InChI=1S/C11H23N3O/c1-10(2,9(12)14-15)6-7-13-8-11(3)4-5-11/h13,15H,4-8H2,1-3H3,(H2,12,14). The van der Waals surface area contributed by atoms with Crippen molar-refractivity contribution in [2.45, 2.75) is 40.0 Å². The fourth-order valence-electron chi connectivity index (χ4n) is 1.44. The number of hydrogen-bond acceptors (Lipinski definition) is 3. The molecule has 0 heterocycles. The first kappa shape index (κ1) is 12.3. The van der Waals surface area contributed by atoms with Gasteiger partial charge in [-0.2, -0.15) is 0 Å². The van der Waals surface area contributed by atoms with Crippen molar-refractivity contribution >= 4 is 5.84 Å². The number of nitrogens with one attached hydrogen (secondary N) is 1. The third-order valence-corrected chi connectivity index (χ3v) is 3.38. The van der Waals surface area contributed by atoms with Crippen molar-refractivity contribution in [1.82, 2.24) is 5.32 Å². The van der Waals surface area contributed by atoms with Crippen LogP contribution in [0.25, 0.3) is 0 Å². The van der Waals surface area contributed by atoms with E-state index in [-0.39, 0.29) is 5.41 Å². The van der Waals surface area contributed by atoms with Gasteiger partial charge < -0.3 is 16.3 Å². The normalized spacial score (nSPS) is 20.3. The van der Waals surface area contributed by atoms with Gasteiger partial charge in [-0.1, -0.05) is 25.9 Å². The molecule has 15 heavy (non-hydrogen) atoms. The second-order valence-corrected chi connectivity index (χ2v) is 5.61. The molecule has 0 radical (unpaired) electrons. The first-order chi connectivity index (χ1) is 6.90. The number of nitrogens with two attached hydrogens (primary N) is 1. The van der Waals surface area contributed by atoms with Crippen molar-refractivity contribution in [2.24, 2.45) is 21.7 Å². The molecule has 4 N–H and O–H groups in total. The minimum atomic E-state index is -0.230. The maximum Gasteiger partial charge on any atom is 0.144 e. The zero-order valence-electron chi connectivity index (χ0n) is 10.0. The first-order valence-electron chi connectivity index (χ1n) is 5.58. The molecule has 0 unspecified atom stereocenters. The van der Waals surface area contributed by atoms with Gasteiger partial charge in [0.25, 0.3) is 0 Å². The van der Waals surface area contributed by atoms with Crippen LogP contribution in [0.3, 0.4) is 0 Å². The van der Waals surface area contributed by atoms with E-state index in [2.05, 4.69) is 17.4 Å². The van der Waals surface area contributed by atoms with Crippen molar-refractivity contribution < 1.29 is 5.21 Å². The molecule has 0 aliphatic heterocycles. The molecule has 0 aromatic carbocycles. The highest BCUT2D eigenvalue weighted by atomic mass is 16.4. The predicted octanol–water partition coefficient (Wildman–Crippen LogP) is 1.54. The third-order valence-electron chi connectivity index (χ3n) is 3.38. The molecule has 0 spiro atoms. The van der Waals surface area contributed by atoms with Gasteiger partial charge in [0.1, 0.15) is 5.84 Å². The van der Waals surface area contributed by atoms with E-state index >= 15 is 0 Å². The van der Waals surface area contributed by atoms with Crippen LogP contribution in [0.1, 0.15) is 40.0 Å². The lowest BCUT2D eigenvalue weighted by Gasteiger charge is -2.23. The Kier molecular flexibility index (Phi) is 3.60. The summed E-state index contributed by atoms with van der Waals surface area (Å²) >= 11 is 0. The van der Waals surface area contributed by atoms with Crippen LogP contribution in [-0.2, 0) is 0 Å². The van der Waals surface area contributed by atoms with Gasteiger partial charge >= 0.3 is 0 Å². The Labute approximate surface area is 91.9 Å². The Bertz CT molecular complexity index is 244. The van der Waals surface area contributed by atoms with Crippen molar-refractivity contribution in [2.75, 3.05) is 13.1 Å². The van der Waals surface area contributed by atoms with E-state index in [0.717, 1.165) is 19.5 Å². The van der Waals surface area contributed by atoms with E-state index in [1.807, 2.05) is 13.8 Å². The molecule has 1 rings (SSSR count). The minimum absolute atomic E-state index is 0.230. The SMILES string of the molecule is CC1(CNCCC(C)(C)C(N)=NO)CC1. The van der Waals surface area contributed by atoms with Crippen LogP contribution in [0.2, 0.25) is 0 Å². The van der Waals surface area contributed by atoms with Crippen LogP contribution < -0.4 is 11.1 Å². The van der Waals surface area contributed by atoms with Gasteiger partial charge in [-0.3, -0.25) is 0 Å². The fourth-order valence-corrected chi connectivity index (χ4v) is 1.44. The second kappa shape index (κ2) is 4.39. The van der Waals surface area contributed by atoms with Crippen molar-refractivity contribution in [3.05, 3.63) is 0 Å². The van der Waals surface area contributed by atoms with Gasteiger partial charge in [0.05, 0.1) is 0 Å². The summed E-state index contributed by atoms with van der Waals surface area (Å²) in [5.74, 6) is 0.307. The molecule has 1 aliphatic rings. The van der Waals surface area contributed by atoms with Gasteiger partial charge in [0.2, 0.25) is 0 Å². The Morgan fingerprint density at radius 3 is 2.60 bits per heavy atom. The molecule has 0 saturated heterocycles. The molecule has 0 bridgehead atoms. The van der Waals surface area contributed by atoms with Gasteiger partial charge in [-0.15, -0.1) is 0 Å². The quantitative estimate of drug-likeness (QED) is 0.206. The Balaban J connectivity index is 2.18. The summed E-state index contributed by atoms with van der Waals surface area (Å²) in [7, 11) is 0. The molecular formula is C11H23N3O. The summed E-state index contributed by atoms with van der Waals surface area (Å²) in [5.41, 5.74) is 5.92. The van der Waals surface area contributed by atoms with Gasteiger partial charge in [0.15, 0.2) is 0 Å². The summed E-state index contributed by atoms with van der Waals surface area (Å²) in [5, 5.41) is 15.1. The van der Waals surface area contributed by atoms with Crippen LogP contribution in [0.15, 0.2) is 5.16 Å². The van der Waals surface area contributed by atoms with Crippen molar-refractivity contribution in [1.29, 1.82) is 0 Å². The van der Waals surface area contributed by atoms with Crippen LogP contribution in [0, 0.1) is 10.8 Å². The van der Waals surface area contributed by atoms with Crippen molar-refractivity contribution in [3.8, 4) is 0 Å². The lowest BCUT2D eigenvalue weighted by atomic mass is 9.88. The molecule has 1 fully saturated rings. The van der Waals surface area contributed by atoms with Crippen LogP contribution in [0.4, 0.5) is 0 Å². The molecule has 4 heteroatoms. The fraction of sp³-hybridized carbons (Fsp3) is 0.909. The van der Waals surface area contributed by atoms with Crippen LogP contribution >= 0.6 is 0 Å². The second-order valence-electron chi connectivity index (χ2n) is 5.61. The molecule has 0 amide bonds. The van der Waals surface area contributed by atoms with Gasteiger partial charge in [0, 0.05) is 12.0 Å². The zero-order chi connectivity index (χ0) is 11.5. The Morgan fingerprint density at radius 2 is 2.13 bits per heavy atom. The molecule has 0 aromatic heterocycles. The van der Waals surface area contributed by atoms with E-state index in [1.54, 1.807) is 0 Å². The first-order valence-corrected chi connectivity index (χ1v) is 5.58. The average Bonchev–Trinajstić information content (AvgIpc) is 2.90. The van der Waals surface area contributed by atoms with E-state index in [1.165, 1.54) is 12.8 Å². The summed E-state index contributed by atoms with van der Waals surface area (Å²) in [6, 6.07) is 0. The number of hydrogen-bond donors (Lipinski definition) is 3. The number of oxime groups is 1. The lowest BCUT2D eigenvalue weighted by Crippen LogP contribution is -2.35. The Hall–Kier alpha value is -0.770. The Morgan fingerprint density at radius 1 is 1.53 bits per heavy atom. The van der Waals surface area contributed by atoms with E-state index in [0.29, 0.717) is 11.3 Å². The molecule has 88 valence electrons. The largest absolute Gasteiger partial charge is 0.409 e. The minimum Gasteiger partial charge on any atom is -0.409 e. The lowest BCUT2D eigenvalue weighted by molar-refractivity contribution is 0.304. The number of rotatable bonds is 6. The summed E-state index contributed by atoms with van der Waals surface area (Å²) in [6.45, 7) is 8.28. The highest BCUT2D eigenvalue weighted by Crippen LogP contribution is 2.44. The molecule has 1 saturated carbocycles. The molecule has 4 nitrogen and oxygen atoms in total. The summed E-state index contributed by atoms with van der Waals surface area (Å²) < 4.78 is 0. The van der Waals surface area contributed by atoms with E-state index in [9.17, 15) is 0 Å². The maximum absolute atomic E-state index is 8.61.